The van der Waals surface area contributed by atoms with E-state index in [0.29, 0.717) is 5.71 Å². The number of benzene rings is 4. The largest absolute Gasteiger partial charge is 0.381 e. The maximum atomic E-state index is 9.16. The van der Waals surface area contributed by atoms with Gasteiger partial charge in [0.1, 0.15) is 0 Å². The molecule has 0 bridgehead atoms. The van der Waals surface area contributed by atoms with Crippen LogP contribution >= 0.6 is 0 Å². The summed E-state index contributed by atoms with van der Waals surface area (Å²) in [5.74, 6) is 0. The van der Waals surface area contributed by atoms with E-state index in [-0.39, 0.29) is 6.04 Å². The van der Waals surface area contributed by atoms with Gasteiger partial charge in [-0.3, -0.25) is 10.4 Å². The number of dihydropyridines is 1. The first-order valence-electron chi connectivity index (χ1n) is 12.8. The lowest BCUT2D eigenvalue weighted by Crippen LogP contribution is -2.15. The molecule has 0 fully saturated rings. The van der Waals surface area contributed by atoms with Gasteiger partial charge in [-0.1, -0.05) is 91.0 Å². The predicted octanol–water partition coefficient (Wildman–Crippen LogP) is 8.21. The minimum Gasteiger partial charge on any atom is -0.381 e. The van der Waals surface area contributed by atoms with Crippen LogP contribution in [0.2, 0.25) is 0 Å². The van der Waals surface area contributed by atoms with Crippen molar-refractivity contribution in [3.8, 4) is 33.5 Å². The maximum Gasteiger partial charge on any atom is 0.0702 e. The molecule has 0 saturated carbocycles. The van der Waals surface area contributed by atoms with Crippen molar-refractivity contribution >= 4 is 5.71 Å². The van der Waals surface area contributed by atoms with Crippen molar-refractivity contribution in [1.29, 1.82) is 5.41 Å². The molecule has 4 aromatic carbocycles. The summed E-state index contributed by atoms with van der Waals surface area (Å²) in [5.41, 5.74) is 9.75. The topological polar surface area (TPSA) is 48.8 Å². The summed E-state index contributed by atoms with van der Waals surface area (Å²) in [5, 5.41) is 12.6. The highest BCUT2D eigenvalue weighted by Gasteiger charge is 2.17. The Morgan fingerprint density at radius 1 is 0.658 bits per heavy atom. The minimum atomic E-state index is 0.0525. The van der Waals surface area contributed by atoms with E-state index < -0.39 is 0 Å². The summed E-state index contributed by atoms with van der Waals surface area (Å²) in [6.45, 7) is 0. The molecule has 2 heterocycles. The Balaban J connectivity index is 1.57. The molecule has 3 heteroatoms. The second-order valence-electron chi connectivity index (χ2n) is 9.31. The maximum absolute atomic E-state index is 9.16. The third-order valence-corrected chi connectivity index (χ3v) is 6.83. The Morgan fingerprint density at radius 2 is 1.42 bits per heavy atom. The molecule has 5 aromatic rings. The number of aromatic nitrogens is 1. The second-order valence-corrected chi connectivity index (χ2v) is 9.31. The number of allylic oxidation sites excluding steroid dienone is 2. The van der Waals surface area contributed by atoms with E-state index in [1.54, 1.807) is 0 Å². The highest BCUT2D eigenvalue weighted by atomic mass is 14.9. The van der Waals surface area contributed by atoms with Gasteiger partial charge in [-0.25, -0.2) is 0 Å². The van der Waals surface area contributed by atoms with Crippen LogP contribution in [0, 0.1) is 5.41 Å². The van der Waals surface area contributed by atoms with Crippen molar-refractivity contribution in [2.75, 3.05) is 0 Å². The number of rotatable bonds is 6. The van der Waals surface area contributed by atoms with Crippen molar-refractivity contribution in [3.05, 3.63) is 163 Å². The molecule has 0 saturated heterocycles. The molecule has 0 amide bonds. The molecule has 1 aliphatic heterocycles. The lowest BCUT2D eigenvalue weighted by Gasteiger charge is -2.20. The van der Waals surface area contributed by atoms with Gasteiger partial charge in [-0.05, 0) is 76.5 Å². The number of nitrogens with one attached hydrogen (secondary N) is 2. The van der Waals surface area contributed by atoms with Crippen molar-refractivity contribution in [2.45, 2.75) is 6.04 Å². The highest BCUT2D eigenvalue weighted by molar-refractivity contribution is 6.15. The zero-order valence-corrected chi connectivity index (χ0v) is 20.9. The Kier molecular flexibility index (Phi) is 6.48. The molecule has 3 nitrogen and oxygen atoms in total. The summed E-state index contributed by atoms with van der Waals surface area (Å²) in [4.78, 5) is 4.65. The van der Waals surface area contributed by atoms with Crippen LogP contribution in [0.1, 0.15) is 22.7 Å². The minimum absolute atomic E-state index is 0.0525. The highest BCUT2D eigenvalue weighted by Crippen LogP contribution is 2.35. The van der Waals surface area contributed by atoms with Crippen LogP contribution < -0.4 is 5.32 Å². The van der Waals surface area contributed by atoms with Gasteiger partial charge in [0, 0.05) is 22.9 Å². The van der Waals surface area contributed by atoms with Crippen molar-refractivity contribution in [1.82, 2.24) is 10.3 Å². The van der Waals surface area contributed by atoms with Gasteiger partial charge in [-0.15, -0.1) is 0 Å². The second kappa shape index (κ2) is 10.5. The molecule has 0 aliphatic carbocycles. The first kappa shape index (κ1) is 23.4. The van der Waals surface area contributed by atoms with Crippen molar-refractivity contribution < 1.29 is 0 Å². The fraction of sp³-hybridized carbons (Fsp3) is 0.0286. The van der Waals surface area contributed by atoms with E-state index in [0.717, 1.165) is 50.2 Å². The van der Waals surface area contributed by atoms with Gasteiger partial charge in [0.2, 0.25) is 0 Å². The molecule has 38 heavy (non-hydrogen) atoms. The molecule has 0 spiro atoms. The molecule has 182 valence electrons. The van der Waals surface area contributed by atoms with E-state index in [1.807, 2.05) is 73.1 Å². The Bertz CT molecular complexity index is 1640. The van der Waals surface area contributed by atoms with Crippen LogP contribution in [0.3, 0.4) is 0 Å². The zero-order chi connectivity index (χ0) is 25.7. The third-order valence-electron chi connectivity index (χ3n) is 6.83. The number of pyridine rings is 1. The van der Waals surface area contributed by atoms with Gasteiger partial charge >= 0.3 is 0 Å². The summed E-state index contributed by atoms with van der Waals surface area (Å²) < 4.78 is 0. The van der Waals surface area contributed by atoms with E-state index in [1.165, 1.54) is 0 Å². The fourth-order valence-electron chi connectivity index (χ4n) is 4.89. The molecule has 2 N–H and O–H groups in total. The van der Waals surface area contributed by atoms with Crippen molar-refractivity contribution in [2.24, 2.45) is 0 Å². The van der Waals surface area contributed by atoms with E-state index >= 15 is 0 Å². The standard InChI is InChI=1S/C35H27N3/c36-35(26-13-5-2-6-14-26)31-18-17-27(25-11-3-1-4-12-25)24-32(31)28-21-29(33-15-7-9-19-37-33)23-30(22-28)34-16-8-10-20-38-34/h1-24,33,36-37H. The summed E-state index contributed by atoms with van der Waals surface area (Å²) in [7, 11) is 0. The SMILES string of the molecule is N=C(c1ccccc1)c1ccc(-c2ccccc2)cc1-c1cc(-c2ccccn2)cc(C2C=CC=CN2)c1. The van der Waals surface area contributed by atoms with Crippen LogP contribution in [-0.2, 0) is 0 Å². The van der Waals surface area contributed by atoms with E-state index in [2.05, 4.69) is 83.1 Å². The van der Waals surface area contributed by atoms with E-state index in [9.17, 15) is 0 Å². The average molecular weight is 490 g/mol. The molecule has 1 unspecified atom stereocenters. The molecule has 1 aromatic heterocycles. The molecule has 1 atom stereocenters. The number of hydrogen-bond acceptors (Lipinski definition) is 3. The molecular weight excluding hydrogens is 462 g/mol. The lowest BCUT2D eigenvalue weighted by atomic mass is 9.87. The Morgan fingerprint density at radius 3 is 2.16 bits per heavy atom. The first-order chi connectivity index (χ1) is 18.8. The van der Waals surface area contributed by atoms with Gasteiger partial charge < -0.3 is 5.32 Å². The number of hydrogen-bond donors (Lipinski definition) is 2. The van der Waals surface area contributed by atoms with Crippen LogP contribution in [0.4, 0.5) is 0 Å². The average Bonchev–Trinajstić information content (AvgIpc) is 3.02. The van der Waals surface area contributed by atoms with Crippen LogP contribution in [0.25, 0.3) is 33.5 Å². The van der Waals surface area contributed by atoms with Crippen LogP contribution in [0.5, 0.6) is 0 Å². The quantitative estimate of drug-likeness (QED) is 0.236. The van der Waals surface area contributed by atoms with E-state index in [4.69, 9.17) is 5.41 Å². The number of nitrogens with zero attached hydrogens (tertiary/aromatic N) is 1. The molecular formula is C35H27N3. The monoisotopic (exact) mass is 489 g/mol. The predicted molar refractivity (Wildman–Crippen MR) is 157 cm³/mol. The third kappa shape index (κ3) is 4.82. The summed E-state index contributed by atoms with van der Waals surface area (Å²) in [6.07, 6.45) is 10.0. The van der Waals surface area contributed by atoms with Crippen LogP contribution in [-0.4, -0.2) is 10.7 Å². The lowest BCUT2D eigenvalue weighted by molar-refractivity contribution is 0.747. The normalized spacial score (nSPS) is 14.2. The zero-order valence-electron chi connectivity index (χ0n) is 20.9. The van der Waals surface area contributed by atoms with Gasteiger partial charge in [0.25, 0.3) is 0 Å². The summed E-state index contributed by atoms with van der Waals surface area (Å²) >= 11 is 0. The van der Waals surface area contributed by atoms with Crippen molar-refractivity contribution in [3.63, 3.8) is 0 Å². The first-order valence-corrected chi connectivity index (χ1v) is 12.8. The summed E-state index contributed by atoms with van der Waals surface area (Å²) in [6, 6.07) is 39.4. The van der Waals surface area contributed by atoms with Gasteiger partial charge in [0.15, 0.2) is 0 Å². The Labute approximate surface area is 223 Å². The fourth-order valence-corrected chi connectivity index (χ4v) is 4.89. The Hall–Kier alpha value is -5.02. The molecule has 1 aliphatic rings. The smallest absolute Gasteiger partial charge is 0.0702 e. The molecule has 0 radical (unpaired) electrons. The van der Waals surface area contributed by atoms with Gasteiger partial charge in [-0.2, -0.15) is 0 Å². The van der Waals surface area contributed by atoms with Gasteiger partial charge in [0.05, 0.1) is 17.4 Å². The molecule has 6 rings (SSSR count). The van der Waals surface area contributed by atoms with Crippen LogP contribution in [0.15, 0.2) is 146 Å².